The molecule has 0 spiro atoms. The smallest absolute Gasteiger partial charge is 0.310 e. The number of hydrogen-bond donors (Lipinski definition) is 1. The minimum atomic E-state index is -0.539. The largest absolute Gasteiger partial charge is 0.479 e. The highest BCUT2D eigenvalue weighted by molar-refractivity contribution is 14.1. The van der Waals surface area contributed by atoms with Gasteiger partial charge in [0.25, 0.3) is 0 Å². The van der Waals surface area contributed by atoms with Crippen LogP contribution in [0, 0.1) is 19.5 Å². The minimum absolute atomic E-state index is 0.0790. The molecule has 0 aliphatic rings. The molecule has 0 aliphatic carbocycles. The van der Waals surface area contributed by atoms with E-state index in [1.54, 1.807) is 49.1 Å². The summed E-state index contributed by atoms with van der Waals surface area (Å²) in [6.07, 6.45) is 1.13. The highest BCUT2D eigenvalue weighted by Gasteiger charge is 2.22. The Labute approximate surface area is 190 Å². The van der Waals surface area contributed by atoms with Gasteiger partial charge in [-0.1, -0.05) is 12.1 Å². The number of halogens is 2. The van der Waals surface area contributed by atoms with Crippen LogP contribution in [-0.4, -0.2) is 19.7 Å². The summed E-state index contributed by atoms with van der Waals surface area (Å²) in [5.41, 5.74) is 8.61. The molecule has 0 bridgehead atoms. The molecule has 31 heavy (non-hydrogen) atoms. The van der Waals surface area contributed by atoms with Crippen molar-refractivity contribution in [3.8, 4) is 17.0 Å². The summed E-state index contributed by atoms with van der Waals surface area (Å²) in [5.74, 6) is 0.0288. The van der Waals surface area contributed by atoms with Crippen LogP contribution >= 0.6 is 22.6 Å². The molecule has 4 aromatic rings. The van der Waals surface area contributed by atoms with E-state index in [0.717, 1.165) is 9.09 Å². The van der Waals surface area contributed by atoms with E-state index in [1.165, 1.54) is 18.2 Å². The van der Waals surface area contributed by atoms with Gasteiger partial charge >= 0.3 is 5.69 Å². The average molecular weight is 533 g/mol. The van der Waals surface area contributed by atoms with Gasteiger partial charge in [-0.05, 0) is 59.3 Å². The van der Waals surface area contributed by atoms with Crippen LogP contribution in [0.1, 0.15) is 18.6 Å². The summed E-state index contributed by atoms with van der Waals surface area (Å²) in [6, 6.07) is 10.3. The topological polar surface area (TPSA) is 109 Å². The number of benzene rings is 2. The van der Waals surface area contributed by atoms with Crippen LogP contribution in [0.25, 0.3) is 22.2 Å². The zero-order valence-corrected chi connectivity index (χ0v) is 18.7. The van der Waals surface area contributed by atoms with Crippen LogP contribution in [0.2, 0.25) is 0 Å². The van der Waals surface area contributed by atoms with Gasteiger partial charge in [0.15, 0.2) is 5.75 Å². The number of aryl methyl sites for hydroxylation is 1. The number of nitrogens with two attached hydrogens (primary N) is 1. The van der Waals surface area contributed by atoms with Crippen molar-refractivity contribution in [2.45, 2.75) is 13.0 Å². The number of nitrogens with zero attached hydrogens (tertiary/aromatic N) is 4. The second-order valence-corrected chi connectivity index (χ2v) is 8.10. The number of fused-ring (bicyclic) bond motifs is 1. The second kappa shape index (κ2) is 8.10. The van der Waals surface area contributed by atoms with Crippen molar-refractivity contribution in [3.05, 3.63) is 73.7 Å². The summed E-state index contributed by atoms with van der Waals surface area (Å²) < 4.78 is 21.7. The molecule has 4 rings (SSSR count). The number of rotatable bonds is 5. The fourth-order valence-electron chi connectivity index (χ4n) is 3.39. The van der Waals surface area contributed by atoms with Crippen LogP contribution in [0.15, 0.2) is 48.7 Å². The molecule has 0 fully saturated rings. The molecule has 2 heterocycles. The molecule has 8 nitrogen and oxygen atoms in total. The fraction of sp³-hybridized carbons (Fsp3) is 0.143. The quantitative estimate of drug-likeness (QED) is 0.220. The zero-order chi connectivity index (χ0) is 22.3. The molecule has 1 unspecified atom stereocenters. The number of nitro groups is 1. The van der Waals surface area contributed by atoms with Gasteiger partial charge in [0, 0.05) is 24.9 Å². The summed E-state index contributed by atoms with van der Waals surface area (Å²) in [6.45, 7) is 1.74. The van der Waals surface area contributed by atoms with Crippen molar-refractivity contribution in [1.29, 1.82) is 0 Å². The first-order valence-electron chi connectivity index (χ1n) is 9.24. The van der Waals surface area contributed by atoms with Gasteiger partial charge in [0.05, 0.1) is 19.4 Å². The Morgan fingerprint density at radius 2 is 1.97 bits per heavy atom. The lowest BCUT2D eigenvalue weighted by molar-refractivity contribution is -0.386. The highest BCUT2D eigenvalue weighted by atomic mass is 127. The van der Waals surface area contributed by atoms with E-state index in [2.05, 4.69) is 32.7 Å². The molecule has 0 radical (unpaired) electrons. The lowest BCUT2D eigenvalue weighted by Gasteiger charge is -2.16. The SMILES string of the molecule is CC(Oc1cc(-c2nn(C)c3c(I)cnc(N)c23)ccc1[N+](=O)[O-])c1ccc(F)cc1. The number of pyridine rings is 1. The minimum Gasteiger partial charge on any atom is -0.479 e. The lowest BCUT2D eigenvalue weighted by atomic mass is 10.1. The Morgan fingerprint density at radius 3 is 2.65 bits per heavy atom. The molecular weight excluding hydrogens is 516 g/mol. The van der Waals surface area contributed by atoms with Gasteiger partial charge in [0.1, 0.15) is 23.4 Å². The van der Waals surface area contributed by atoms with Gasteiger partial charge in [-0.3, -0.25) is 14.8 Å². The standard InChI is InChI=1S/C21H17FIN5O3/c1-11(12-3-6-14(22)7-4-12)31-17-9-13(5-8-16(17)28(29)30)19-18-20(27(2)26-19)15(23)10-25-21(18)24/h3-11H,1-2H3,(H2,24,25). The number of hydrogen-bond acceptors (Lipinski definition) is 6. The van der Waals surface area contributed by atoms with E-state index in [4.69, 9.17) is 10.5 Å². The molecule has 2 aromatic heterocycles. The highest BCUT2D eigenvalue weighted by Crippen LogP contribution is 2.38. The predicted octanol–water partition coefficient (Wildman–Crippen LogP) is 5.01. The molecule has 0 saturated carbocycles. The van der Waals surface area contributed by atoms with Crippen molar-refractivity contribution in [2.75, 3.05) is 5.73 Å². The van der Waals surface area contributed by atoms with Crippen molar-refractivity contribution in [1.82, 2.24) is 14.8 Å². The number of ether oxygens (including phenoxy) is 1. The van der Waals surface area contributed by atoms with Crippen molar-refractivity contribution in [2.24, 2.45) is 7.05 Å². The molecule has 2 N–H and O–H groups in total. The van der Waals surface area contributed by atoms with Gasteiger partial charge < -0.3 is 10.5 Å². The molecule has 2 aromatic carbocycles. The van der Waals surface area contributed by atoms with E-state index in [9.17, 15) is 14.5 Å². The van der Waals surface area contributed by atoms with Crippen LogP contribution in [0.5, 0.6) is 5.75 Å². The fourth-order valence-corrected chi connectivity index (χ4v) is 4.15. The first kappa shape index (κ1) is 21.0. The summed E-state index contributed by atoms with van der Waals surface area (Å²) >= 11 is 2.16. The Morgan fingerprint density at radius 1 is 1.26 bits per heavy atom. The Bertz CT molecular complexity index is 1310. The molecule has 158 valence electrons. The summed E-state index contributed by atoms with van der Waals surface area (Å²) in [7, 11) is 1.80. The van der Waals surface area contributed by atoms with Gasteiger partial charge in [0.2, 0.25) is 0 Å². The number of nitro benzene ring substituents is 1. The molecule has 1 atom stereocenters. The second-order valence-electron chi connectivity index (χ2n) is 6.94. The maximum Gasteiger partial charge on any atom is 0.310 e. The molecular formula is C21H17FIN5O3. The van der Waals surface area contributed by atoms with E-state index < -0.39 is 11.0 Å². The van der Waals surface area contributed by atoms with E-state index in [1.807, 2.05) is 0 Å². The van der Waals surface area contributed by atoms with E-state index >= 15 is 0 Å². The monoisotopic (exact) mass is 533 g/mol. The van der Waals surface area contributed by atoms with Crippen molar-refractivity contribution >= 4 is 45.0 Å². The van der Waals surface area contributed by atoms with Crippen LogP contribution in [0.3, 0.4) is 0 Å². The predicted molar refractivity (Wildman–Crippen MR) is 123 cm³/mol. The first-order valence-corrected chi connectivity index (χ1v) is 10.3. The zero-order valence-electron chi connectivity index (χ0n) is 16.5. The number of anilines is 1. The summed E-state index contributed by atoms with van der Waals surface area (Å²) in [5, 5.41) is 16.8. The molecule has 0 saturated heterocycles. The third kappa shape index (κ3) is 3.90. The number of nitrogen functional groups attached to an aromatic ring is 1. The Kier molecular flexibility index (Phi) is 5.48. The third-order valence-electron chi connectivity index (χ3n) is 4.92. The Balaban J connectivity index is 1.81. The van der Waals surface area contributed by atoms with E-state index in [-0.39, 0.29) is 17.3 Å². The molecule has 0 amide bonds. The Hall–Kier alpha value is -3.28. The van der Waals surface area contributed by atoms with E-state index in [0.29, 0.717) is 28.0 Å². The molecule has 0 aliphatic heterocycles. The van der Waals surface area contributed by atoms with Crippen LogP contribution in [0.4, 0.5) is 15.9 Å². The van der Waals surface area contributed by atoms with Gasteiger partial charge in [-0.2, -0.15) is 5.10 Å². The normalized spacial score (nSPS) is 12.1. The van der Waals surface area contributed by atoms with Crippen LogP contribution < -0.4 is 10.5 Å². The third-order valence-corrected chi connectivity index (χ3v) is 5.71. The van der Waals surface area contributed by atoms with Crippen LogP contribution in [-0.2, 0) is 7.05 Å². The first-order chi connectivity index (χ1) is 14.8. The van der Waals surface area contributed by atoms with Gasteiger partial charge in [-0.25, -0.2) is 9.37 Å². The maximum absolute atomic E-state index is 13.2. The van der Waals surface area contributed by atoms with Gasteiger partial charge in [-0.15, -0.1) is 0 Å². The number of aromatic nitrogens is 3. The van der Waals surface area contributed by atoms with Crippen molar-refractivity contribution in [3.63, 3.8) is 0 Å². The van der Waals surface area contributed by atoms with Crippen molar-refractivity contribution < 1.29 is 14.1 Å². The average Bonchev–Trinajstić information content (AvgIpc) is 3.09. The summed E-state index contributed by atoms with van der Waals surface area (Å²) in [4.78, 5) is 15.3. The maximum atomic E-state index is 13.2. The lowest BCUT2D eigenvalue weighted by Crippen LogP contribution is -2.05. The molecule has 10 heteroatoms.